The molecule has 0 bridgehead atoms. The van der Waals surface area contributed by atoms with E-state index < -0.39 is 76.6 Å². The SMILES string of the molecule is CCCCOCCOC(F)(F)C(F)(F)C(F)(F)C(F)(F)C(F)(F)OS(=O)(=O)C(F)(F)C(F)(F)C(F)(F)C(F)(F)F. The number of unbranched alkanes of at least 4 members (excludes halogenated alkanes) is 1. The lowest BCUT2D eigenvalue weighted by molar-refractivity contribution is -0.462. The van der Waals surface area contributed by atoms with Crippen molar-refractivity contribution in [1.29, 1.82) is 0 Å². The molecular weight excluding hydrogens is 653 g/mol. The van der Waals surface area contributed by atoms with Crippen LogP contribution in [0, 0.1) is 0 Å². The minimum Gasteiger partial charge on any atom is -0.379 e. The van der Waals surface area contributed by atoms with E-state index >= 15 is 0 Å². The predicted molar refractivity (Wildman–Crippen MR) is 87.3 cm³/mol. The Kier molecular flexibility index (Phi) is 10.9. The first kappa shape index (κ1) is 38.5. The van der Waals surface area contributed by atoms with Gasteiger partial charge in [0.05, 0.1) is 13.2 Å². The third-order valence-corrected chi connectivity index (χ3v) is 5.63. The monoisotopic (exact) mass is 666 g/mol. The summed E-state index contributed by atoms with van der Waals surface area (Å²) in [6.45, 7) is -1.67. The third kappa shape index (κ3) is 6.29. The summed E-state index contributed by atoms with van der Waals surface area (Å²) in [6, 6.07) is 0. The van der Waals surface area contributed by atoms with Gasteiger partial charge in [0.2, 0.25) is 0 Å². The second-order valence-corrected chi connectivity index (χ2v) is 8.86. The number of rotatable bonds is 16. The molecule has 0 saturated heterocycles. The Morgan fingerprint density at radius 3 is 1.35 bits per heavy atom. The average Bonchev–Trinajstić information content (AvgIpc) is 2.73. The van der Waals surface area contributed by atoms with Crippen LogP contribution < -0.4 is 0 Å². The molecule has 5 nitrogen and oxygen atoms in total. The zero-order valence-corrected chi connectivity index (χ0v) is 19.5. The van der Waals surface area contributed by atoms with Crippen LogP contribution in [0.2, 0.25) is 0 Å². The second-order valence-electron chi connectivity index (χ2n) is 7.27. The van der Waals surface area contributed by atoms with Gasteiger partial charge < -0.3 is 9.47 Å². The third-order valence-electron chi connectivity index (χ3n) is 4.32. The molecule has 0 rings (SSSR count). The summed E-state index contributed by atoms with van der Waals surface area (Å²) in [4.78, 5) is 0. The zero-order valence-electron chi connectivity index (χ0n) is 18.7. The lowest BCUT2D eigenvalue weighted by atomic mass is 10.0. The van der Waals surface area contributed by atoms with Gasteiger partial charge in [0.1, 0.15) is 0 Å². The first-order valence-electron chi connectivity index (χ1n) is 9.53. The fraction of sp³-hybridized carbons (Fsp3) is 1.00. The molecule has 0 amide bonds. The van der Waals surface area contributed by atoms with Gasteiger partial charge in [0, 0.05) is 6.61 Å². The van der Waals surface area contributed by atoms with Crippen LogP contribution in [0.25, 0.3) is 0 Å². The molecule has 0 aliphatic carbocycles. The number of alkyl halides is 19. The summed E-state index contributed by atoms with van der Waals surface area (Å²) in [5, 5.41) is -8.35. The lowest BCUT2D eigenvalue weighted by Gasteiger charge is -2.39. The van der Waals surface area contributed by atoms with Crippen LogP contribution in [-0.4, -0.2) is 81.5 Å². The molecule has 0 radical (unpaired) electrons. The molecule has 0 aliphatic heterocycles. The summed E-state index contributed by atoms with van der Waals surface area (Å²) >= 11 is 0. The van der Waals surface area contributed by atoms with Gasteiger partial charge in [-0.05, 0) is 6.42 Å². The maximum atomic E-state index is 13.6. The van der Waals surface area contributed by atoms with E-state index in [1.165, 1.54) is 4.18 Å². The molecule has 0 aromatic heterocycles. The van der Waals surface area contributed by atoms with Crippen LogP contribution in [0.4, 0.5) is 83.4 Å². The number of hydrogen-bond donors (Lipinski definition) is 0. The van der Waals surface area contributed by atoms with E-state index in [-0.39, 0.29) is 13.0 Å². The van der Waals surface area contributed by atoms with Crippen molar-refractivity contribution in [1.82, 2.24) is 0 Å². The van der Waals surface area contributed by atoms with Crippen LogP contribution in [0.3, 0.4) is 0 Å². The lowest BCUT2D eigenvalue weighted by Crippen LogP contribution is -2.69. The Labute approximate surface area is 209 Å². The quantitative estimate of drug-likeness (QED) is 0.105. The van der Waals surface area contributed by atoms with Crippen molar-refractivity contribution in [3.8, 4) is 0 Å². The summed E-state index contributed by atoms with van der Waals surface area (Å²) in [5.41, 5.74) is 0. The normalized spacial score (nSPS) is 16.0. The van der Waals surface area contributed by atoms with E-state index in [1.807, 2.05) is 0 Å². The Hall–Kier alpha value is -1.50. The number of ether oxygens (including phenoxy) is 2. The molecule has 0 aromatic carbocycles. The fourth-order valence-electron chi connectivity index (χ4n) is 1.99. The van der Waals surface area contributed by atoms with Gasteiger partial charge in [0.15, 0.2) is 0 Å². The maximum Gasteiger partial charge on any atom is 0.460 e. The molecule has 0 aliphatic rings. The van der Waals surface area contributed by atoms with Crippen molar-refractivity contribution in [2.75, 3.05) is 19.8 Å². The molecule has 0 unspecified atom stereocenters. The number of hydrogen-bond acceptors (Lipinski definition) is 5. The standard InChI is InChI=1S/C15H13F19O5S/c1-2-3-4-37-5-6-38-13(29,30)9(20,21)7(16,17)10(22,23)14(31,32)39-40(35,36)15(33,34)11(24,25)8(18,19)12(26,27)28/h2-6H2,1H3. The van der Waals surface area contributed by atoms with Crippen LogP contribution in [0.5, 0.6) is 0 Å². The molecule has 0 spiro atoms. The van der Waals surface area contributed by atoms with E-state index in [4.69, 9.17) is 0 Å². The summed E-state index contributed by atoms with van der Waals surface area (Å²) < 4.78 is 281. The summed E-state index contributed by atoms with van der Waals surface area (Å²) in [5.74, 6) is -41.3. The zero-order chi connectivity index (χ0) is 32.7. The minimum absolute atomic E-state index is 0.216. The second kappa shape index (κ2) is 11.3. The molecule has 25 heteroatoms. The largest absolute Gasteiger partial charge is 0.460 e. The Morgan fingerprint density at radius 1 is 0.525 bits per heavy atom. The van der Waals surface area contributed by atoms with Crippen molar-refractivity contribution < 1.29 is 105 Å². The van der Waals surface area contributed by atoms with Crippen molar-refractivity contribution in [3.63, 3.8) is 0 Å². The van der Waals surface area contributed by atoms with Gasteiger partial charge in [-0.2, -0.15) is 96.0 Å². The first-order chi connectivity index (χ1) is 17.3. The molecular formula is C15H13F19O5S. The van der Waals surface area contributed by atoms with E-state index in [9.17, 15) is 91.8 Å². The maximum absolute atomic E-state index is 13.6. The fourth-order valence-corrected chi connectivity index (χ4v) is 2.92. The van der Waals surface area contributed by atoms with Crippen LogP contribution in [0.1, 0.15) is 19.8 Å². The molecule has 242 valence electrons. The van der Waals surface area contributed by atoms with Crippen LogP contribution >= 0.6 is 0 Å². The van der Waals surface area contributed by atoms with Crippen LogP contribution in [0.15, 0.2) is 0 Å². The van der Waals surface area contributed by atoms with Gasteiger partial charge >= 0.3 is 63.4 Å². The summed E-state index contributed by atoms with van der Waals surface area (Å²) in [6.07, 6.45) is -22.3. The smallest absolute Gasteiger partial charge is 0.379 e. The van der Waals surface area contributed by atoms with Gasteiger partial charge in [-0.1, -0.05) is 13.3 Å². The van der Waals surface area contributed by atoms with Gasteiger partial charge in [-0.25, -0.2) is 0 Å². The minimum atomic E-state index is -9.08. The Bertz CT molecular complexity index is 960. The first-order valence-corrected chi connectivity index (χ1v) is 10.9. The van der Waals surface area contributed by atoms with E-state index in [2.05, 4.69) is 9.47 Å². The highest BCUT2D eigenvalue weighted by atomic mass is 32.2. The van der Waals surface area contributed by atoms with Crippen molar-refractivity contribution >= 4 is 10.1 Å². The van der Waals surface area contributed by atoms with Crippen molar-refractivity contribution in [2.45, 2.75) is 73.0 Å². The molecule has 0 aromatic rings. The van der Waals surface area contributed by atoms with Gasteiger partial charge in [0.25, 0.3) is 0 Å². The van der Waals surface area contributed by atoms with E-state index in [0.717, 1.165) is 0 Å². The molecule has 0 N–H and O–H groups in total. The van der Waals surface area contributed by atoms with Crippen molar-refractivity contribution in [2.24, 2.45) is 0 Å². The van der Waals surface area contributed by atoms with E-state index in [0.29, 0.717) is 6.42 Å². The highest BCUT2D eigenvalue weighted by molar-refractivity contribution is 7.87. The summed E-state index contributed by atoms with van der Waals surface area (Å²) in [7, 11) is -9.08. The average molecular weight is 666 g/mol. The van der Waals surface area contributed by atoms with Crippen LogP contribution in [-0.2, 0) is 23.8 Å². The van der Waals surface area contributed by atoms with Gasteiger partial charge in [-0.3, -0.25) is 0 Å². The molecule has 0 saturated carbocycles. The molecule has 0 atom stereocenters. The van der Waals surface area contributed by atoms with Gasteiger partial charge in [-0.15, -0.1) is 0 Å². The topological polar surface area (TPSA) is 61.8 Å². The Morgan fingerprint density at radius 2 is 0.950 bits per heavy atom. The molecule has 40 heavy (non-hydrogen) atoms. The highest BCUT2D eigenvalue weighted by Crippen LogP contribution is 2.60. The number of halogens is 19. The molecule has 0 fully saturated rings. The van der Waals surface area contributed by atoms with Crippen molar-refractivity contribution in [3.05, 3.63) is 0 Å². The van der Waals surface area contributed by atoms with E-state index in [1.54, 1.807) is 6.92 Å². The Balaban J connectivity index is 6.35. The molecule has 0 heterocycles. The highest BCUT2D eigenvalue weighted by Gasteiger charge is 2.90. The predicted octanol–water partition coefficient (Wildman–Crippen LogP) is 6.68.